The molecular formula is C31H31N3O4. The smallest absolute Gasteiger partial charge is 0.212 e. The van der Waals surface area contributed by atoms with Crippen molar-refractivity contribution in [3.63, 3.8) is 0 Å². The average Bonchev–Trinajstić information content (AvgIpc) is 3.43. The maximum Gasteiger partial charge on any atom is 0.212 e. The van der Waals surface area contributed by atoms with E-state index in [9.17, 15) is 0 Å². The highest BCUT2D eigenvalue weighted by molar-refractivity contribution is 6.30. The molecule has 0 saturated carbocycles. The number of fused-ring (bicyclic) bond motifs is 5. The molecule has 1 N–H and O–H groups in total. The Labute approximate surface area is 223 Å². The molecule has 1 unspecified atom stereocenters. The van der Waals surface area contributed by atoms with Gasteiger partial charge in [0.2, 0.25) is 6.10 Å². The fraction of sp³-hybridized carbons (Fsp3) is 0.258. The van der Waals surface area contributed by atoms with E-state index in [-0.39, 0.29) is 0 Å². The van der Waals surface area contributed by atoms with Gasteiger partial charge in [0, 0.05) is 39.7 Å². The predicted molar refractivity (Wildman–Crippen MR) is 150 cm³/mol. The summed E-state index contributed by atoms with van der Waals surface area (Å²) in [4.78, 5) is 11.7. The minimum Gasteiger partial charge on any atom is -0.493 e. The third kappa shape index (κ3) is 4.67. The van der Waals surface area contributed by atoms with Crippen molar-refractivity contribution in [2.75, 3.05) is 41.5 Å². The number of likely N-dealkylation sites (N-methyl/N-ethyl adjacent to an activating group) is 1. The lowest BCUT2D eigenvalue weighted by atomic mass is 10.1. The van der Waals surface area contributed by atoms with Crippen LogP contribution in [0.1, 0.15) is 28.4 Å². The number of nitrogens with one attached hydrogen (secondary N) is 1. The zero-order valence-electron chi connectivity index (χ0n) is 22.3. The van der Waals surface area contributed by atoms with Crippen LogP contribution in [0.5, 0.6) is 17.2 Å². The molecule has 0 bridgehead atoms. The number of oxime groups is 1. The van der Waals surface area contributed by atoms with E-state index in [0.717, 1.165) is 56.7 Å². The standard InChI is InChI=1S/C31H31N3O4/c1-7-26(20-10-8-19(2)9-11-20)38-33-31-23-18-28(36-6)27(35-5)17-22(23)30-29(31)24-16-21(12-13-25(24)32-30)37-15-14-34(3)4/h1,8-13,16-18,26,32H,14-15H2,2-6H3. The van der Waals surface area contributed by atoms with Gasteiger partial charge in [0.1, 0.15) is 18.1 Å². The minimum atomic E-state index is -0.633. The van der Waals surface area contributed by atoms with Crippen LogP contribution >= 0.6 is 0 Å². The highest BCUT2D eigenvalue weighted by atomic mass is 16.6. The SMILES string of the molecule is C#CC(ON=C1c2cc(OC)c(OC)cc2-c2[nH]c3ccc(OCCN(C)C)cc3c21)c1ccc(C)cc1. The Bertz CT molecular complexity index is 1540. The molecule has 5 rings (SSSR count). The van der Waals surface area contributed by atoms with Crippen molar-refractivity contribution in [2.45, 2.75) is 13.0 Å². The summed E-state index contributed by atoms with van der Waals surface area (Å²) in [6.45, 7) is 3.44. The summed E-state index contributed by atoms with van der Waals surface area (Å²) < 4.78 is 17.2. The van der Waals surface area contributed by atoms with Crippen LogP contribution in [0.3, 0.4) is 0 Å². The number of aromatic amines is 1. The highest BCUT2D eigenvalue weighted by Gasteiger charge is 2.32. The largest absolute Gasteiger partial charge is 0.493 e. The number of terminal acetylenes is 1. The molecule has 0 radical (unpaired) electrons. The van der Waals surface area contributed by atoms with E-state index in [1.54, 1.807) is 14.2 Å². The molecule has 4 aromatic rings. The van der Waals surface area contributed by atoms with Crippen molar-refractivity contribution in [3.8, 4) is 40.8 Å². The second-order valence-electron chi connectivity index (χ2n) is 9.49. The molecule has 0 spiro atoms. The van der Waals surface area contributed by atoms with Gasteiger partial charge in [0.15, 0.2) is 11.5 Å². The molecule has 1 heterocycles. The molecule has 0 saturated heterocycles. The Kier molecular flexibility index (Phi) is 6.99. The van der Waals surface area contributed by atoms with Crippen LogP contribution < -0.4 is 14.2 Å². The van der Waals surface area contributed by atoms with E-state index in [0.29, 0.717) is 23.8 Å². The zero-order chi connectivity index (χ0) is 26.8. The summed E-state index contributed by atoms with van der Waals surface area (Å²) in [6.07, 6.45) is 5.22. The van der Waals surface area contributed by atoms with Crippen LogP contribution in [-0.4, -0.2) is 57.1 Å². The summed E-state index contributed by atoms with van der Waals surface area (Å²) >= 11 is 0. The monoisotopic (exact) mass is 509 g/mol. The van der Waals surface area contributed by atoms with Crippen LogP contribution in [0.15, 0.2) is 59.8 Å². The number of rotatable bonds is 9. The van der Waals surface area contributed by atoms with Gasteiger partial charge in [-0.15, -0.1) is 6.42 Å². The van der Waals surface area contributed by atoms with Gasteiger partial charge in [-0.3, -0.25) is 0 Å². The van der Waals surface area contributed by atoms with E-state index < -0.39 is 6.10 Å². The fourth-order valence-electron chi connectivity index (χ4n) is 4.60. The quantitative estimate of drug-likeness (QED) is 0.208. The number of ether oxygens (including phenoxy) is 3. The summed E-state index contributed by atoms with van der Waals surface area (Å²) in [5, 5.41) is 5.63. The van der Waals surface area contributed by atoms with Gasteiger partial charge in [-0.1, -0.05) is 40.9 Å². The number of nitrogens with zero attached hydrogens (tertiary/aromatic N) is 2. The molecule has 3 aromatic carbocycles. The topological polar surface area (TPSA) is 68.3 Å². The second kappa shape index (κ2) is 10.5. The highest BCUT2D eigenvalue weighted by Crippen LogP contribution is 2.46. The van der Waals surface area contributed by atoms with Gasteiger partial charge in [0.25, 0.3) is 0 Å². The molecule has 0 amide bonds. The van der Waals surface area contributed by atoms with Gasteiger partial charge in [-0.05, 0) is 51.4 Å². The Morgan fingerprint density at radius 2 is 1.68 bits per heavy atom. The Hall–Kier alpha value is -4.41. The summed E-state index contributed by atoms with van der Waals surface area (Å²) in [6, 6.07) is 17.8. The first-order valence-corrected chi connectivity index (χ1v) is 12.4. The predicted octanol–water partition coefficient (Wildman–Crippen LogP) is 5.56. The number of hydrogen-bond donors (Lipinski definition) is 1. The first-order chi connectivity index (χ1) is 18.4. The Morgan fingerprint density at radius 3 is 2.34 bits per heavy atom. The zero-order valence-corrected chi connectivity index (χ0v) is 22.3. The molecule has 1 aliphatic rings. The summed E-state index contributed by atoms with van der Waals surface area (Å²) in [5.41, 5.74) is 7.30. The number of H-pyrrole nitrogens is 1. The average molecular weight is 510 g/mol. The van der Waals surface area contributed by atoms with Crippen LogP contribution in [0.2, 0.25) is 0 Å². The fourth-order valence-corrected chi connectivity index (χ4v) is 4.60. The molecule has 38 heavy (non-hydrogen) atoms. The van der Waals surface area contributed by atoms with Crippen LogP contribution in [0.25, 0.3) is 22.2 Å². The summed E-state index contributed by atoms with van der Waals surface area (Å²) in [5.74, 6) is 4.74. The number of aromatic nitrogens is 1. The third-order valence-corrected chi connectivity index (χ3v) is 6.64. The number of methoxy groups -OCH3 is 2. The maximum atomic E-state index is 6.03. The molecule has 7 nitrogen and oxygen atoms in total. The van der Waals surface area contributed by atoms with Gasteiger partial charge >= 0.3 is 0 Å². The molecule has 7 heteroatoms. The molecule has 1 atom stereocenters. The maximum absolute atomic E-state index is 6.03. The first-order valence-electron chi connectivity index (χ1n) is 12.4. The first kappa shape index (κ1) is 25.2. The Morgan fingerprint density at radius 1 is 0.974 bits per heavy atom. The molecule has 194 valence electrons. The van der Waals surface area contributed by atoms with Crippen molar-refractivity contribution in [2.24, 2.45) is 5.16 Å². The lowest BCUT2D eigenvalue weighted by Crippen LogP contribution is -2.19. The lowest BCUT2D eigenvalue weighted by Gasteiger charge is -2.13. The number of aryl methyl sites for hydroxylation is 1. The Balaban J connectivity index is 1.61. The van der Waals surface area contributed by atoms with Crippen molar-refractivity contribution < 1.29 is 19.0 Å². The van der Waals surface area contributed by atoms with E-state index in [2.05, 4.69) is 21.0 Å². The van der Waals surface area contributed by atoms with Crippen molar-refractivity contribution >= 4 is 16.6 Å². The molecular weight excluding hydrogens is 478 g/mol. The van der Waals surface area contributed by atoms with E-state index in [4.69, 9.17) is 25.5 Å². The van der Waals surface area contributed by atoms with E-state index in [1.165, 1.54) is 0 Å². The van der Waals surface area contributed by atoms with Gasteiger partial charge in [-0.2, -0.15) is 0 Å². The van der Waals surface area contributed by atoms with Crippen molar-refractivity contribution in [1.82, 2.24) is 9.88 Å². The van der Waals surface area contributed by atoms with Gasteiger partial charge < -0.3 is 28.9 Å². The van der Waals surface area contributed by atoms with Gasteiger partial charge in [0.05, 0.1) is 19.9 Å². The van der Waals surface area contributed by atoms with Crippen molar-refractivity contribution in [1.29, 1.82) is 0 Å². The minimum absolute atomic E-state index is 0.588. The van der Waals surface area contributed by atoms with Crippen LogP contribution in [-0.2, 0) is 4.84 Å². The van der Waals surface area contributed by atoms with Crippen LogP contribution in [0.4, 0.5) is 0 Å². The third-order valence-electron chi connectivity index (χ3n) is 6.64. The van der Waals surface area contributed by atoms with Gasteiger partial charge in [-0.25, -0.2) is 0 Å². The lowest BCUT2D eigenvalue weighted by molar-refractivity contribution is 0.100. The number of benzene rings is 3. The number of hydrogen-bond acceptors (Lipinski definition) is 6. The normalized spacial score (nSPS) is 13.8. The van der Waals surface area contributed by atoms with E-state index in [1.807, 2.05) is 75.6 Å². The molecule has 0 aliphatic heterocycles. The second-order valence-corrected chi connectivity index (χ2v) is 9.49. The molecule has 0 fully saturated rings. The van der Waals surface area contributed by atoms with Crippen molar-refractivity contribution in [3.05, 3.63) is 76.9 Å². The van der Waals surface area contributed by atoms with Crippen LogP contribution in [0, 0.1) is 19.3 Å². The molecule has 1 aliphatic carbocycles. The van der Waals surface area contributed by atoms with E-state index >= 15 is 0 Å². The molecule has 1 aromatic heterocycles. The summed E-state index contributed by atoms with van der Waals surface area (Å²) in [7, 11) is 7.28.